The van der Waals surface area contributed by atoms with Gasteiger partial charge in [0.05, 0.1) is 11.1 Å². The van der Waals surface area contributed by atoms with Gasteiger partial charge in [0, 0.05) is 5.56 Å². The molecule has 1 aliphatic carbocycles. The number of halogens is 6. The van der Waals surface area contributed by atoms with Crippen LogP contribution in [0.5, 0.6) is 0 Å². The summed E-state index contributed by atoms with van der Waals surface area (Å²) in [5, 5.41) is 0. The molecule has 1 nitrogen and oxygen atoms in total. The Hall–Kier alpha value is -0.503. The molecule has 2 rings (SSSR count). The molecule has 1 aromatic carbocycles. The van der Waals surface area contributed by atoms with Gasteiger partial charge in [0.1, 0.15) is 0 Å². The molecule has 0 spiro atoms. The number of carbonyl (C=O) groups excluding carboxylic acids is 1. The summed E-state index contributed by atoms with van der Waals surface area (Å²) < 4.78 is 75.7. The van der Waals surface area contributed by atoms with E-state index in [0.717, 1.165) is 4.59 Å². The molecule has 9 heteroatoms. The molecule has 0 bridgehead atoms. The Balaban J connectivity index is 0.000000366. The van der Waals surface area contributed by atoms with Crippen LogP contribution >= 0.6 is 9.24 Å². The Morgan fingerprint density at radius 1 is 1.00 bits per heavy atom. The average Bonchev–Trinajstić information content (AvgIpc) is 2.87. The molecule has 0 amide bonds. The normalized spacial score (nSPS) is 16.0. The molecule has 0 aliphatic heterocycles. The van der Waals surface area contributed by atoms with Gasteiger partial charge in [0.15, 0.2) is 5.52 Å². The van der Waals surface area contributed by atoms with Crippen LogP contribution < -0.4 is 0 Å². The number of benzene rings is 1. The zero-order valence-corrected chi connectivity index (χ0v) is 13.5. The predicted molar refractivity (Wildman–Crippen MR) is 78.5 cm³/mol. The van der Waals surface area contributed by atoms with Gasteiger partial charge >= 0.3 is 60.3 Å². The maximum atomic E-state index is 12.4. The van der Waals surface area contributed by atoms with Gasteiger partial charge in [-0.15, -0.1) is 0 Å². The third-order valence-electron chi connectivity index (χ3n) is 3.57. The molecule has 0 heterocycles. The fraction of sp³-hybridized carbons (Fsp3) is 0.500. The summed E-state index contributed by atoms with van der Waals surface area (Å²) in [5.41, 5.74) is -5.91. The molecule has 1 aromatic rings. The van der Waals surface area contributed by atoms with E-state index in [2.05, 4.69) is 17.7 Å². The molecular weight excluding hydrogens is 336 g/mol. The molecule has 23 heavy (non-hydrogen) atoms. The van der Waals surface area contributed by atoms with Crippen molar-refractivity contribution in [2.45, 2.75) is 42.6 Å². The number of hydrogen-bond donors (Lipinski definition) is 0. The molecule has 1 fully saturated rings. The van der Waals surface area contributed by atoms with Crippen molar-refractivity contribution in [3.05, 3.63) is 34.9 Å². The van der Waals surface area contributed by atoms with E-state index in [9.17, 15) is 31.1 Å². The van der Waals surface area contributed by atoms with Gasteiger partial charge in [0.25, 0.3) is 0 Å². The first-order valence-electron chi connectivity index (χ1n) is 7.01. The van der Waals surface area contributed by atoms with Crippen LogP contribution in [0.15, 0.2) is 18.2 Å². The molecule has 0 aromatic heterocycles. The number of rotatable bonds is 1. The maximum absolute atomic E-state index is 12.4. The van der Waals surface area contributed by atoms with E-state index in [0.29, 0.717) is 18.2 Å². The van der Waals surface area contributed by atoms with Crippen molar-refractivity contribution in [1.29, 1.82) is 0 Å². The van der Waals surface area contributed by atoms with Gasteiger partial charge in [-0.2, -0.15) is 26.3 Å². The quantitative estimate of drug-likeness (QED) is 0.384. The molecular formula is C14H14F6LiOP. The van der Waals surface area contributed by atoms with Crippen molar-refractivity contribution in [3.8, 4) is 0 Å². The van der Waals surface area contributed by atoms with Crippen LogP contribution in [0, 0.1) is 0 Å². The second-order valence-electron chi connectivity index (χ2n) is 5.48. The van der Waals surface area contributed by atoms with Crippen LogP contribution in [-0.4, -0.2) is 23.2 Å². The number of hydrogen-bond acceptors (Lipinski definition) is 1. The first kappa shape index (κ1) is 20.5. The van der Waals surface area contributed by atoms with E-state index >= 15 is 0 Å². The topological polar surface area (TPSA) is 17.1 Å². The summed E-state index contributed by atoms with van der Waals surface area (Å²) >= 11 is 2.34. The fourth-order valence-electron chi connectivity index (χ4n) is 2.42. The minimum absolute atomic E-state index is 0.437. The van der Waals surface area contributed by atoms with Crippen molar-refractivity contribution in [2.24, 2.45) is 0 Å². The number of carbonyl (C=O) groups is 1. The Labute approximate surface area is 141 Å². The SMILES string of the molecule is O=C(P)c1c(C(F)(F)F)cccc1C(F)(F)F.[Li][CH]1CCCC1. The zero-order chi connectivity index (χ0) is 17.8. The predicted octanol–water partition coefficient (Wildman–Crippen LogP) is 5.26. The van der Waals surface area contributed by atoms with E-state index in [4.69, 9.17) is 0 Å². The Morgan fingerprint density at radius 2 is 1.39 bits per heavy atom. The summed E-state index contributed by atoms with van der Waals surface area (Å²) in [4.78, 5) is 10.9. The monoisotopic (exact) mass is 350 g/mol. The van der Waals surface area contributed by atoms with Crippen molar-refractivity contribution < 1.29 is 31.1 Å². The molecule has 0 saturated heterocycles. The van der Waals surface area contributed by atoms with Crippen molar-refractivity contribution >= 4 is 32.5 Å². The summed E-state index contributed by atoms with van der Waals surface area (Å²) in [7, 11) is 1.32. The van der Waals surface area contributed by atoms with Crippen molar-refractivity contribution in [1.82, 2.24) is 0 Å². The first-order valence-corrected chi connectivity index (χ1v) is 7.59. The van der Waals surface area contributed by atoms with Gasteiger partial charge in [-0.1, -0.05) is 15.3 Å². The van der Waals surface area contributed by atoms with Crippen LogP contribution in [-0.2, 0) is 12.4 Å². The second-order valence-corrected chi connectivity index (χ2v) is 6.00. The van der Waals surface area contributed by atoms with E-state index < -0.39 is 34.6 Å². The molecule has 1 unspecified atom stereocenters. The van der Waals surface area contributed by atoms with Crippen LogP contribution in [0.2, 0.25) is 4.59 Å². The van der Waals surface area contributed by atoms with E-state index in [1.165, 1.54) is 34.9 Å². The van der Waals surface area contributed by atoms with Crippen molar-refractivity contribution in [3.63, 3.8) is 0 Å². The van der Waals surface area contributed by atoms with Crippen LogP contribution in [0.25, 0.3) is 0 Å². The van der Waals surface area contributed by atoms with E-state index in [1.54, 1.807) is 0 Å². The molecule has 1 atom stereocenters. The first-order chi connectivity index (χ1) is 10.4. The van der Waals surface area contributed by atoms with Crippen LogP contribution in [0.4, 0.5) is 26.3 Å². The average molecular weight is 350 g/mol. The fourth-order valence-corrected chi connectivity index (χ4v) is 2.73. The minimum atomic E-state index is -5.01. The van der Waals surface area contributed by atoms with Gasteiger partial charge in [-0.05, 0) is 12.1 Å². The van der Waals surface area contributed by atoms with Gasteiger partial charge in [0.2, 0.25) is 0 Å². The molecule has 124 valence electrons. The van der Waals surface area contributed by atoms with Gasteiger partial charge < -0.3 is 0 Å². The second kappa shape index (κ2) is 8.05. The van der Waals surface area contributed by atoms with E-state index in [-0.39, 0.29) is 0 Å². The van der Waals surface area contributed by atoms with Crippen LogP contribution in [0.1, 0.15) is 47.2 Å². The van der Waals surface area contributed by atoms with E-state index in [1.807, 2.05) is 0 Å². The third kappa shape index (κ3) is 6.14. The summed E-state index contributed by atoms with van der Waals surface area (Å²) in [6.45, 7) is 0. The van der Waals surface area contributed by atoms with Crippen molar-refractivity contribution in [2.75, 3.05) is 0 Å². The third-order valence-corrected chi connectivity index (χ3v) is 3.85. The van der Waals surface area contributed by atoms with Gasteiger partial charge in [-0.3, -0.25) is 4.79 Å². The molecule has 1 saturated carbocycles. The molecule has 0 N–H and O–H groups in total. The standard InChI is InChI=1S/C9H5F6OP.C5H9.Li/c10-8(11,12)4-2-1-3-5(9(13,14)15)6(4)7(16)17;1-2-4-5-3-1;/h1-3H,17H2;1H,2-5H2;. The van der Waals surface area contributed by atoms with Crippen LogP contribution in [0.3, 0.4) is 0 Å². The summed E-state index contributed by atoms with van der Waals surface area (Å²) in [6.07, 6.45) is -4.08. The summed E-state index contributed by atoms with van der Waals surface area (Å²) in [6, 6.07) is 1.49. The van der Waals surface area contributed by atoms with Gasteiger partial charge in [-0.25, -0.2) is 0 Å². The molecule has 1 aliphatic rings. The Kier molecular flexibility index (Phi) is 7.19. The Bertz CT molecular complexity index is 517. The Morgan fingerprint density at radius 3 is 1.61 bits per heavy atom. The summed E-state index contributed by atoms with van der Waals surface area (Å²) in [5.74, 6) is 0. The number of alkyl halides is 6. The molecule has 0 radical (unpaired) electrons. The zero-order valence-electron chi connectivity index (χ0n) is 12.4.